The molecule has 0 radical (unpaired) electrons. The van der Waals surface area contributed by atoms with Gasteiger partial charge in [-0.25, -0.2) is 0 Å². The lowest BCUT2D eigenvalue weighted by Gasteiger charge is -1.56. The molecule has 0 atom stereocenters. The smallest absolute Gasteiger partial charge is 0.126 e. The monoisotopic (exact) mass is 102 g/mol. The van der Waals surface area contributed by atoms with Crippen molar-refractivity contribution in [1.82, 2.24) is 0 Å². The quantitative estimate of drug-likeness (QED) is 0.457. The summed E-state index contributed by atoms with van der Waals surface area (Å²) in [4.78, 5) is 9.44. The number of hydrogen-bond acceptors (Lipinski definition) is 1. The molecule has 0 fully saturated rings. The van der Waals surface area contributed by atoms with Crippen LogP contribution >= 0.6 is 0 Å². The predicted molar refractivity (Wildman–Crippen MR) is 32.3 cm³/mol. The normalized spacial score (nSPS) is 6.29. The fourth-order valence-electron chi connectivity index (χ4n) is 0. The lowest BCUT2D eigenvalue weighted by atomic mass is 10.6. The third-order valence-corrected chi connectivity index (χ3v) is 0. The highest BCUT2D eigenvalue weighted by atomic mass is 16.1. The van der Waals surface area contributed by atoms with Crippen molar-refractivity contribution >= 4 is 5.78 Å². The highest BCUT2D eigenvalue weighted by molar-refractivity contribution is 5.72. The van der Waals surface area contributed by atoms with Gasteiger partial charge in [0, 0.05) is 0 Å². The largest absolute Gasteiger partial charge is 0.300 e. The third kappa shape index (κ3) is 701. The van der Waals surface area contributed by atoms with E-state index in [2.05, 4.69) is 13.8 Å². The van der Waals surface area contributed by atoms with Crippen LogP contribution in [-0.4, -0.2) is 5.78 Å². The van der Waals surface area contributed by atoms with Gasteiger partial charge in [0.25, 0.3) is 0 Å². The first-order valence-electron chi connectivity index (χ1n) is 2.62. The summed E-state index contributed by atoms with van der Waals surface area (Å²) in [7, 11) is 0. The van der Waals surface area contributed by atoms with Crippen molar-refractivity contribution in [2.24, 2.45) is 0 Å². The standard InChI is InChI=1S/C3H6O.C3H8/c1-3(2)4;1-3-2/h1-2H3;3H2,1-2H3. The van der Waals surface area contributed by atoms with Crippen LogP contribution in [0.2, 0.25) is 0 Å². The summed E-state index contributed by atoms with van der Waals surface area (Å²) in [6.07, 6.45) is 1.25. The zero-order chi connectivity index (χ0) is 6.28. The lowest BCUT2D eigenvalue weighted by molar-refractivity contribution is -0.114. The summed E-state index contributed by atoms with van der Waals surface area (Å²) in [5.74, 6) is 0.167. The van der Waals surface area contributed by atoms with Crippen molar-refractivity contribution < 1.29 is 4.79 Å². The maximum absolute atomic E-state index is 9.44. The Balaban J connectivity index is 0. The molecule has 0 aliphatic heterocycles. The molecule has 0 bridgehead atoms. The van der Waals surface area contributed by atoms with Crippen molar-refractivity contribution in [2.45, 2.75) is 34.1 Å². The van der Waals surface area contributed by atoms with Crippen LogP contribution in [0.3, 0.4) is 0 Å². The van der Waals surface area contributed by atoms with Gasteiger partial charge < -0.3 is 4.79 Å². The average Bonchev–Trinajstić information content (AvgIpc) is 1.33. The summed E-state index contributed by atoms with van der Waals surface area (Å²) in [6, 6.07) is 0. The van der Waals surface area contributed by atoms with Gasteiger partial charge in [-0.15, -0.1) is 0 Å². The fraction of sp³-hybridized carbons (Fsp3) is 0.833. The van der Waals surface area contributed by atoms with Crippen molar-refractivity contribution in [3.05, 3.63) is 0 Å². The first-order valence-corrected chi connectivity index (χ1v) is 2.62. The molecular formula is C6H14O. The van der Waals surface area contributed by atoms with E-state index in [-0.39, 0.29) is 5.78 Å². The van der Waals surface area contributed by atoms with Gasteiger partial charge in [0.1, 0.15) is 5.78 Å². The van der Waals surface area contributed by atoms with Crippen molar-refractivity contribution in [3.63, 3.8) is 0 Å². The molecule has 44 valence electrons. The summed E-state index contributed by atoms with van der Waals surface area (Å²) in [5.41, 5.74) is 0. The van der Waals surface area contributed by atoms with E-state index >= 15 is 0 Å². The minimum Gasteiger partial charge on any atom is -0.300 e. The first-order chi connectivity index (χ1) is 3.15. The second kappa shape index (κ2) is 9.18. The molecule has 1 heteroatoms. The Kier molecular flexibility index (Phi) is 12.9. The van der Waals surface area contributed by atoms with E-state index in [1.165, 1.54) is 20.3 Å². The molecule has 0 amide bonds. The molecule has 0 aliphatic carbocycles. The van der Waals surface area contributed by atoms with Crippen LogP contribution < -0.4 is 0 Å². The topological polar surface area (TPSA) is 17.1 Å². The number of ketones is 1. The highest BCUT2D eigenvalue weighted by Gasteiger charge is 1.62. The molecule has 0 N–H and O–H groups in total. The molecule has 0 spiro atoms. The van der Waals surface area contributed by atoms with E-state index in [0.29, 0.717) is 0 Å². The van der Waals surface area contributed by atoms with Gasteiger partial charge in [-0.05, 0) is 13.8 Å². The maximum atomic E-state index is 9.44. The molecule has 0 aromatic carbocycles. The number of hydrogen-bond donors (Lipinski definition) is 0. The molecule has 0 aliphatic rings. The molecule has 0 aromatic heterocycles. The summed E-state index contributed by atoms with van der Waals surface area (Å²) < 4.78 is 0. The zero-order valence-electron chi connectivity index (χ0n) is 5.62. The Labute approximate surface area is 45.7 Å². The second-order valence-electron chi connectivity index (χ2n) is 1.62. The lowest BCUT2D eigenvalue weighted by Crippen LogP contribution is -1.69. The van der Waals surface area contributed by atoms with Gasteiger partial charge in [0.05, 0.1) is 0 Å². The van der Waals surface area contributed by atoms with Crippen molar-refractivity contribution in [2.75, 3.05) is 0 Å². The SMILES string of the molecule is CC(C)=O.CCC. The Morgan fingerprint density at radius 1 is 1.29 bits per heavy atom. The van der Waals surface area contributed by atoms with Crippen molar-refractivity contribution in [3.8, 4) is 0 Å². The van der Waals surface area contributed by atoms with E-state index in [0.717, 1.165) is 0 Å². The van der Waals surface area contributed by atoms with Gasteiger partial charge in [0.2, 0.25) is 0 Å². The molecule has 7 heavy (non-hydrogen) atoms. The van der Waals surface area contributed by atoms with Crippen LogP contribution in [0.15, 0.2) is 0 Å². The Morgan fingerprint density at radius 2 is 1.29 bits per heavy atom. The molecule has 0 unspecified atom stereocenters. The van der Waals surface area contributed by atoms with Gasteiger partial charge in [-0.2, -0.15) is 0 Å². The van der Waals surface area contributed by atoms with Gasteiger partial charge in [-0.1, -0.05) is 20.3 Å². The first kappa shape index (κ1) is 9.83. The van der Waals surface area contributed by atoms with Crippen LogP contribution in [0.1, 0.15) is 34.1 Å². The maximum Gasteiger partial charge on any atom is 0.126 e. The van der Waals surface area contributed by atoms with Crippen LogP contribution in [0.25, 0.3) is 0 Å². The molecule has 0 rings (SSSR count). The molecule has 1 nitrogen and oxygen atoms in total. The molecule has 0 heterocycles. The minimum atomic E-state index is 0.167. The van der Waals surface area contributed by atoms with Gasteiger partial charge in [-0.3, -0.25) is 0 Å². The van der Waals surface area contributed by atoms with Gasteiger partial charge >= 0.3 is 0 Å². The Hall–Kier alpha value is -0.330. The molecule has 0 aromatic rings. The van der Waals surface area contributed by atoms with E-state index < -0.39 is 0 Å². The predicted octanol–water partition coefficient (Wildman–Crippen LogP) is 2.01. The summed E-state index contributed by atoms with van der Waals surface area (Å²) in [6.45, 7) is 7.31. The number of carbonyl (C=O) groups excluding carboxylic acids is 1. The van der Waals surface area contributed by atoms with Crippen LogP contribution in [0.4, 0.5) is 0 Å². The Morgan fingerprint density at radius 3 is 1.29 bits per heavy atom. The van der Waals surface area contributed by atoms with E-state index in [4.69, 9.17) is 0 Å². The number of Topliss-reactive ketones (excluding diaryl/α,β-unsaturated/α-hetero) is 1. The number of rotatable bonds is 0. The Bertz CT molecular complexity index is 35.4. The zero-order valence-corrected chi connectivity index (χ0v) is 5.62. The molecular weight excluding hydrogens is 88.1 g/mol. The summed E-state index contributed by atoms with van der Waals surface area (Å²) in [5, 5.41) is 0. The van der Waals surface area contributed by atoms with Crippen LogP contribution in [0, 0.1) is 0 Å². The van der Waals surface area contributed by atoms with Crippen molar-refractivity contribution in [1.29, 1.82) is 0 Å². The van der Waals surface area contributed by atoms with Gasteiger partial charge in [0.15, 0.2) is 0 Å². The summed E-state index contributed by atoms with van der Waals surface area (Å²) >= 11 is 0. The highest BCUT2D eigenvalue weighted by Crippen LogP contribution is 1.56. The fourth-order valence-corrected chi connectivity index (χ4v) is 0. The van der Waals surface area contributed by atoms with Crippen LogP contribution in [-0.2, 0) is 4.79 Å². The average molecular weight is 102 g/mol. The van der Waals surface area contributed by atoms with E-state index in [1.54, 1.807) is 0 Å². The number of carbonyl (C=O) groups is 1. The minimum absolute atomic E-state index is 0.167. The van der Waals surface area contributed by atoms with E-state index in [1.807, 2.05) is 0 Å². The second-order valence-corrected chi connectivity index (χ2v) is 1.62. The van der Waals surface area contributed by atoms with Crippen LogP contribution in [0.5, 0.6) is 0 Å². The van der Waals surface area contributed by atoms with E-state index in [9.17, 15) is 4.79 Å². The molecule has 0 saturated carbocycles. The molecule has 0 saturated heterocycles. The third-order valence-electron chi connectivity index (χ3n) is 0.